The van der Waals surface area contributed by atoms with Crippen molar-refractivity contribution >= 4 is 10.0 Å². The first-order valence-corrected chi connectivity index (χ1v) is 8.84. The van der Waals surface area contributed by atoms with E-state index in [2.05, 4.69) is 4.72 Å². The summed E-state index contributed by atoms with van der Waals surface area (Å²) in [4.78, 5) is -0.178. The highest BCUT2D eigenvalue weighted by atomic mass is 32.2. The third-order valence-corrected chi connectivity index (χ3v) is 4.96. The van der Waals surface area contributed by atoms with Crippen molar-refractivity contribution in [3.05, 3.63) is 29.6 Å². The molecule has 1 atom stereocenters. The molecule has 0 radical (unpaired) electrons. The molecular weight excluding hydrogens is 293 g/mol. The summed E-state index contributed by atoms with van der Waals surface area (Å²) >= 11 is 0. The van der Waals surface area contributed by atoms with Crippen LogP contribution < -0.4 is 4.72 Å². The van der Waals surface area contributed by atoms with Crippen molar-refractivity contribution in [2.24, 2.45) is 0 Å². The van der Waals surface area contributed by atoms with E-state index >= 15 is 0 Å². The van der Waals surface area contributed by atoms with Crippen LogP contribution in [0.5, 0.6) is 0 Å². The lowest BCUT2D eigenvalue weighted by atomic mass is 10.1. The van der Waals surface area contributed by atoms with Crippen molar-refractivity contribution in [3.8, 4) is 0 Å². The number of halogens is 1. The topological polar surface area (TPSA) is 66.4 Å². The number of aliphatic hydroxyl groups excluding tert-OH is 1. The van der Waals surface area contributed by atoms with E-state index in [0.29, 0.717) is 0 Å². The predicted molar refractivity (Wildman–Crippen MR) is 80.9 cm³/mol. The summed E-state index contributed by atoms with van der Waals surface area (Å²) in [5, 5.41) is 9.24. The number of unbranched alkanes of at least 4 members (excludes halogenated alkanes) is 1. The van der Waals surface area contributed by atoms with Crippen molar-refractivity contribution in [3.63, 3.8) is 0 Å². The lowest BCUT2D eigenvalue weighted by Crippen LogP contribution is -2.35. The van der Waals surface area contributed by atoms with E-state index in [1.165, 1.54) is 6.07 Å². The fourth-order valence-corrected chi connectivity index (χ4v) is 3.80. The lowest BCUT2D eigenvalue weighted by molar-refractivity contribution is 0.278. The minimum absolute atomic E-state index is 0.158. The molecule has 0 heterocycles. The maximum absolute atomic E-state index is 13.3. The highest BCUT2D eigenvalue weighted by molar-refractivity contribution is 7.89. The molecule has 0 saturated heterocycles. The zero-order valence-electron chi connectivity index (χ0n) is 12.6. The second kappa shape index (κ2) is 8.46. The molecule has 0 spiro atoms. The van der Waals surface area contributed by atoms with Gasteiger partial charge >= 0.3 is 0 Å². The standard InChI is InChI=1S/C15H24FNO3S/c1-3-5-7-14(6-4-2)17-21(19,20)15-10-13(16)9-8-12(15)11-18/h8-10,14,17-18H,3-7,11H2,1-2H3. The average molecular weight is 317 g/mol. The van der Waals surface area contributed by atoms with Crippen molar-refractivity contribution in [2.45, 2.75) is 63.5 Å². The van der Waals surface area contributed by atoms with Gasteiger partial charge in [-0.25, -0.2) is 17.5 Å². The van der Waals surface area contributed by atoms with Crippen LogP contribution >= 0.6 is 0 Å². The van der Waals surface area contributed by atoms with Crippen LogP contribution in [-0.4, -0.2) is 19.6 Å². The van der Waals surface area contributed by atoms with Crippen LogP contribution in [0.1, 0.15) is 51.5 Å². The molecule has 0 saturated carbocycles. The van der Waals surface area contributed by atoms with Crippen molar-refractivity contribution in [1.29, 1.82) is 0 Å². The smallest absolute Gasteiger partial charge is 0.241 e. The van der Waals surface area contributed by atoms with Gasteiger partial charge in [0.15, 0.2) is 0 Å². The van der Waals surface area contributed by atoms with Crippen molar-refractivity contribution in [2.75, 3.05) is 0 Å². The molecule has 0 aliphatic heterocycles. The molecule has 1 unspecified atom stereocenters. The van der Waals surface area contributed by atoms with E-state index in [1.54, 1.807) is 0 Å². The number of nitrogens with one attached hydrogen (secondary N) is 1. The molecule has 2 N–H and O–H groups in total. The number of aliphatic hydroxyl groups is 1. The molecule has 0 amide bonds. The lowest BCUT2D eigenvalue weighted by Gasteiger charge is -2.19. The normalized spacial score (nSPS) is 13.3. The molecule has 0 fully saturated rings. The minimum Gasteiger partial charge on any atom is -0.392 e. The van der Waals surface area contributed by atoms with Gasteiger partial charge in [0.2, 0.25) is 10.0 Å². The maximum atomic E-state index is 13.3. The van der Waals surface area contributed by atoms with E-state index in [1.807, 2.05) is 13.8 Å². The Kier molecular flexibility index (Phi) is 7.28. The van der Waals surface area contributed by atoms with Crippen LogP contribution in [0.4, 0.5) is 4.39 Å². The highest BCUT2D eigenvalue weighted by Gasteiger charge is 2.22. The summed E-state index contributed by atoms with van der Waals surface area (Å²) in [6.07, 6.45) is 4.29. The number of hydrogen-bond donors (Lipinski definition) is 2. The Hall–Kier alpha value is -0.980. The molecule has 21 heavy (non-hydrogen) atoms. The first kappa shape index (κ1) is 18.1. The number of hydrogen-bond acceptors (Lipinski definition) is 3. The van der Waals surface area contributed by atoms with Gasteiger partial charge in [-0.2, -0.15) is 0 Å². The van der Waals surface area contributed by atoms with Crippen LogP contribution in [-0.2, 0) is 16.6 Å². The zero-order chi connectivity index (χ0) is 15.9. The molecule has 120 valence electrons. The Balaban J connectivity index is 3.00. The van der Waals surface area contributed by atoms with E-state index in [0.717, 1.165) is 44.2 Å². The van der Waals surface area contributed by atoms with Crippen LogP contribution in [0.2, 0.25) is 0 Å². The molecule has 1 rings (SSSR count). The minimum atomic E-state index is -3.83. The third-order valence-electron chi connectivity index (χ3n) is 3.35. The highest BCUT2D eigenvalue weighted by Crippen LogP contribution is 2.19. The summed E-state index contributed by atoms with van der Waals surface area (Å²) in [6, 6.07) is 3.24. The monoisotopic (exact) mass is 317 g/mol. The second-order valence-corrected chi connectivity index (χ2v) is 6.84. The van der Waals surface area contributed by atoms with Crippen LogP contribution in [0.15, 0.2) is 23.1 Å². The van der Waals surface area contributed by atoms with Gasteiger partial charge in [0, 0.05) is 6.04 Å². The zero-order valence-corrected chi connectivity index (χ0v) is 13.4. The number of rotatable bonds is 9. The Morgan fingerprint density at radius 2 is 1.95 bits per heavy atom. The van der Waals surface area contributed by atoms with Gasteiger partial charge < -0.3 is 5.11 Å². The van der Waals surface area contributed by atoms with Gasteiger partial charge in [-0.3, -0.25) is 0 Å². The average Bonchev–Trinajstić information content (AvgIpc) is 2.44. The summed E-state index contributed by atoms with van der Waals surface area (Å²) in [5.41, 5.74) is 0.203. The summed E-state index contributed by atoms with van der Waals surface area (Å²) in [6.45, 7) is 3.60. The molecule has 0 aliphatic carbocycles. The first-order valence-electron chi connectivity index (χ1n) is 7.36. The molecular formula is C15H24FNO3S. The van der Waals surface area contributed by atoms with E-state index in [9.17, 15) is 17.9 Å². The van der Waals surface area contributed by atoms with E-state index in [4.69, 9.17) is 0 Å². The summed E-state index contributed by atoms with van der Waals surface area (Å²) in [5.74, 6) is -0.631. The van der Waals surface area contributed by atoms with Gasteiger partial charge in [-0.1, -0.05) is 39.2 Å². The maximum Gasteiger partial charge on any atom is 0.241 e. The molecule has 4 nitrogen and oxygen atoms in total. The van der Waals surface area contributed by atoms with Crippen molar-refractivity contribution in [1.82, 2.24) is 4.72 Å². The fraction of sp³-hybridized carbons (Fsp3) is 0.600. The molecule has 0 aromatic heterocycles. The summed E-state index contributed by atoms with van der Waals surface area (Å²) < 4.78 is 40.8. The van der Waals surface area contributed by atoms with Crippen LogP contribution in [0.25, 0.3) is 0 Å². The Morgan fingerprint density at radius 1 is 1.24 bits per heavy atom. The molecule has 0 aliphatic rings. The Labute approximate surface area is 126 Å². The first-order chi connectivity index (χ1) is 9.94. The van der Waals surface area contributed by atoms with Gasteiger partial charge in [0.05, 0.1) is 11.5 Å². The summed E-state index contributed by atoms with van der Waals surface area (Å²) in [7, 11) is -3.83. The SMILES string of the molecule is CCCCC(CCC)NS(=O)(=O)c1cc(F)ccc1CO. The van der Waals surface area contributed by atoms with Crippen LogP contribution in [0, 0.1) is 5.82 Å². The van der Waals surface area contributed by atoms with Gasteiger partial charge in [-0.15, -0.1) is 0 Å². The van der Waals surface area contributed by atoms with Crippen LogP contribution in [0.3, 0.4) is 0 Å². The van der Waals surface area contributed by atoms with Gasteiger partial charge in [-0.05, 0) is 30.5 Å². The van der Waals surface area contributed by atoms with Crippen molar-refractivity contribution < 1.29 is 17.9 Å². The quantitative estimate of drug-likeness (QED) is 0.736. The molecule has 6 heteroatoms. The number of benzene rings is 1. The van der Waals surface area contributed by atoms with Gasteiger partial charge in [0.25, 0.3) is 0 Å². The molecule has 0 bridgehead atoms. The molecule has 1 aromatic rings. The fourth-order valence-electron chi connectivity index (χ4n) is 2.25. The van der Waals surface area contributed by atoms with Gasteiger partial charge in [0.1, 0.15) is 5.82 Å². The Bertz CT molecular complexity index is 546. The predicted octanol–water partition coefficient (Wildman–Crippen LogP) is 2.96. The van der Waals surface area contributed by atoms with E-state index in [-0.39, 0.29) is 16.5 Å². The number of sulfonamides is 1. The second-order valence-electron chi connectivity index (χ2n) is 5.16. The largest absolute Gasteiger partial charge is 0.392 e. The third kappa shape index (κ3) is 5.37. The van der Waals surface area contributed by atoms with E-state index < -0.39 is 22.4 Å². The Morgan fingerprint density at radius 3 is 2.52 bits per heavy atom. The molecule has 1 aromatic carbocycles.